The van der Waals surface area contributed by atoms with Crippen molar-refractivity contribution in [3.05, 3.63) is 53.3 Å². The lowest BCUT2D eigenvalue weighted by Crippen LogP contribution is -2.35. The van der Waals surface area contributed by atoms with E-state index in [0.29, 0.717) is 16.5 Å². The predicted octanol–water partition coefficient (Wildman–Crippen LogP) is 1.84. The zero-order valence-electron chi connectivity index (χ0n) is 10.7. The summed E-state index contributed by atoms with van der Waals surface area (Å²) in [5, 5.41) is 12.8. The second-order valence-electron chi connectivity index (χ2n) is 4.22. The monoisotopic (exact) mass is 294 g/mol. The highest BCUT2D eigenvalue weighted by molar-refractivity contribution is 6.30. The van der Waals surface area contributed by atoms with E-state index < -0.39 is 6.10 Å². The molecule has 2 aromatic rings. The van der Waals surface area contributed by atoms with Gasteiger partial charge in [-0.15, -0.1) is 0 Å². The molecule has 3 N–H and O–H groups in total. The lowest BCUT2D eigenvalue weighted by atomic mass is 10.3. The highest BCUT2D eigenvalue weighted by atomic mass is 35.5. The number of hydrogen-bond donors (Lipinski definition) is 3. The van der Waals surface area contributed by atoms with Crippen molar-refractivity contribution < 1.29 is 14.6 Å². The minimum Gasteiger partial charge on any atom is -0.491 e. The highest BCUT2D eigenvalue weighted by Crippen LogP contribution is 2.09. The van der Waals surface area contributed by atoms with Crippen LogP contribution in [0.3, 0.4) is 0 Å². The third-order valence-electron chi connectivity index (χ3n) is 2.58. The molecule has 0 aliphatic heterocycles. The summed E-state index contributed by atoms with van der Waals surface area (Å²) in [7, 11) is 0. The summed E-state index contributed by atoms with van der Waals surface area (Å²) in [6.45, 7) is 0.206. The number of benzene rings is 1. The lowest BCUT2D eigenvalue weighted by molar-refractivity contribution is 0.0840. The fraction of sp³-hybridized carbons (Fsp3) is 0.214. The van der Waals surface area contributed by atoms with Gasteiger partial charge in [0.15, 0.2) is 0 Å². The third kappa shape index (κ3) is 4.29. The molecule has 5 nitrogen and oxygen atoms in total. The van der Waals surface area contributed by atoms with Crippen LogP contribution in [-0.2, 0) is 0 Å². The van der Waals surface area contributed by atoms with Crippen molar-refractivity contribution in [1.29, 1.82) is 0 Å². The fourth-order valence-electron chi connectivity index (χ4n) is 1.57. The zero-order chi connectivity index (χ0) is 14.4. The number of aliphatic hydroxyl groups is 1. The van der Waals surface area contributed by atoms with Crippen LogP contribution in [0.1, 0.15) is 10.5 Å². The van der Waals surface area contributed by atoms with Crippen LogP contribution < -0.4 is 10.1 Å². The Bertz CT molecular complexity index is 557. The maximum absolute atomic E-state index is 11.7. The number of H-pyrrole nitrogens is 1. The minimum absolute atomic E-state index is 0.0995. The molecule has 2 rings (SSSR count). The first-order valence-electron chi connectivity index (χ1n) is 6.13. The normalized spacial score (nSPS) is 11.9. The number of aliphatic hydroxyl groups excluding tert-OH is 1. The molecular formula is C14H15ClN2O3. The van der Waals surface area contributed by atoms with E-state index in [1.165, 1.54) is 12.3 Å². The molecule has 1 aromatic carbocycles. The second kappa shape index (κ2) is 6.98. The van der Waals surface area contributed by atoms with E-state index in [4.69, 9.17) is 16.3 Å². The first-order valence-corrected chi connectivity index (χ1v) is 6.51. The maximum Gasteiger partial charge on any atom is 0.267 e. The first-order chi connectivity index (χ1) is 9.65. The molecule has 1 aromatic heterocycles. The summed E-state index contributed by atoms with van der Waals surface area (Å²) in [6, 6.07) is 10.7. The van der Waals surface area contributed by atoms with E-state index >= 15 is 0 Å². The second-order valence-corrected chi connectivity index (χ2v) is 4.66. The van der Waals surface area contributed by atoms with Gasteiger partial charge in [0, 0.05) is 12.7 Å². The van der Waals surface area contributed by atoms with Gasteiger partial charge in [-0.05, 0) is 18.2 Å². The quantitative estimate of drug-likeness (QED) is 0.761. The third-order valence-corrected chi connectivity index (χ3v) is 2.79. The summed E-state index contributed by atoms with van der Waals surface area (Å²) in [5.41, 5.74) is 0.353. The van der Waals surface area contributed by atoms with Gasteiger partial charge in [0.25, 0.3) is 5.91 Å². The molecule has 0 fully saturated rings. The van der Waals surface area contributed by atoms with Crippen molar-refractivity contribution in [3.8, 4) is 5.75 Å². The number of ether oxygens (including phenoxy) is 1. The Morgan fingerprint density at radius 1 is 1.40 bits per heavy atom. The number of amides is 1. The number of aromatic amines is 1. The fourth-order valence-corrected chi connectivity index (χ4v) is 1.74. The zero-order valence-corrected chi connectivity index (χ0v) is 11.4. The molecule has 0 saturated heterocycles. The minimum atomic E-state index is -0.787. The SMILES string of the molecule is O=C(NC[C@@H](O)COc1ccccc1)c1cc(Cl)c[nH]1. The number of nitrogens with one attached hydrogen (secondary N) is 2. The van der Waals surface area contributed by atoms with Gasteiger partial charge in [-0.3, -0.25) is 4.79 Å². The summed E-state index contributed by atoms with van der Waals surface area (Å²) < 4.78 is 5.38. The number of para-hydroxylation sites is 1. The summed E-state index contributed by atoms with van der Waals surface area (Å²) >= 11 is 5.70. The molecule has 0 saturated carbocycles. The van der Waals surface area contributed by atoms with Crippen LogP contribution in [0, 0.1) is 0 Å². The van der Waals surface area contributed by atoms with Crippen molar-refractivity contribution in [3.63, 3.8) is 0 Å². The Morgan fingerprint density at radius 2 is 2.15 bits per heavy atom. The van der Waals surface area contributed by atoms with Crippen LogP contribution in [0.25, 0.3) is 0 Å². The molecule has 0 aliphatic rings. The van der Waals surface area contributed by atoms with Crippen LogP contribution in [0.2, 0.25) is 5.02 Å². The largest absolute Gasteiger partial charge is 0.491 e. The van der Waals surface area contributed by atoms with Crippen LogP contribution in [0.4, 0.5) is 0 Å². The van der Waals surface area contributed by atoms with Crippen molar-refractivity contribution in [2.75, 3.05) is 13.2 Å². The molecule has 0 unspecified atom stereocenters. The average Bonchev–Trinajstić information content (AvgIpc) is 2.90. The molecule has 1 heterocycles. The Balaban J connectivity index is 1.72. The van der Waals surface area contributed by atoms with Crippen molar-refractivity contribution in [2.24, 2.45) is 0 Å². The number of carbonyl (C=O) groups excluding carboxylic acids is 1. The van der Waals surface area contributed by atoms with Gasteiger partial charge in [-0.2, -0.15) is 0 Å². The van der Waals surface area contributed by atoms with E-state index in [-0.39, 0.29) is 19.1 Å². The molecule has 0 spiro atoms. The molecule has 6 heteroatoms. The van der Waals surface area contributed by atoms with Crippen LogP contribution in [0.15, 0.2) is 42.6 Å². The lowest BCUT2D eigenvalue weighted by Gasteiger charge is -2.12. The molecule has 1 amide bonds. The van der Waals surface area contributed by atoms with E-state index in [2.05, 4.69) is 10.3 Å². The number of carbonyl (C=O) groups is 1. The molecule has 0 aliphatic carbocycles. The molecule has 1 atom stereocenters. The molecular weight excluding hydrogens is 280 g/mol. The standard InChI is InChI=1S/C14H15ClN2O3/c15-10-6-13(16-7-10)14(19)17-8-11(18)9-20-12-4-2-1-3-5-12/h1-7,11,16,18H,8-9H2,(H,17,19)/t11-/m1/s1. The Morgan fingerprint density at radius 3 is 2.80 bits per heavy atom. The number of rotatable bonds is 6. The smallest absolute Gasteiger partial charge is 0.267 e. The highest BCUT2D eigenvalue weighted by Gasteiger charge is 2.11. The Labute approximate surface area is 121 Å². The first kappa shape index (κ1) is 14.4. The van der Waals surface area contributed by atoms with Crippen molar-refractivity contribution in [2.45, 2.75) is 6.10 Å². The predicted molar refractivity (Wildman–Crippen MR) is 76.1 cm³/mol. The van der Waals surface area contributed by atoms with Gasteiger partial charge in [0.2, 0.25) is 0 Å². The number of halogens is 1. The van der Waals surface area contributed by atoms with Crippen molar-refractivity contribution >= 4 is 17.5 Å². The maximum atomic E-state index is 11.7. The van der Waals surface area contributed by atoms with Gasteiger partial charge in [0.05, 0.1) is 5.02 Å². The van der Waals surface area contributed by atoms with Crippen LogP contribution in [0.5, 0.6) is 5.75 Å². The van der Waals surface area contributed by atoms with Gasteiger partial charge in [0.1, 0.15) is 24.2 Å². The molecule has 0 bridgehead atoms. The van der Waals surface area contributed by atoms with Gasteiger partial charge in [-0.25, -0.2) is 0 Å². The van der Waals surface area contributed by atoms with Gasteiger partial charge in [-0.1, -0.05) is 29.8 Å². The number of aromatic nitrogens is 1. The average molecular weight is 295 g/mol. The molecule has 20 heavy (non-hydrogen) atoms. The number of hydrogen-bond acceptors (Lipinski definition) is 3. The van der Waals surface area contributed by atoms with Crippen molar-refractivity contribution in [1.82, 2.24) is 10.3 Å². The van der Waals surface area contributed by atoms with E-state index in [9.17, 15) is 9.90 Å². The van der Waals surface area contributed by atoms with E-state index in [1.54, 1.807) is 12.1 Å². The van der Waals surface area contributed by atoms with E-state index in [0.717, 1.165) is 0 Å². The van der Waals surface area contributed by atoms with Gasteiger partial charge < -0.3 is 20.1 Å². The Hall–Kier alpha value is -1.98. The van der Waals surface area contributed by atoms with E-state index in [1.807, 2.05) is 18.2 Å². The Kier molecular flexibility index (Phi) is 5.03. The molecule has 0 radical (unpaired) electrons. The topological polar surface area (TPSA) is 74.3 Å². The van der Waals surface area contributed by atoms with Gasteiger partial charge >= 0.3 is 0 Å². The van der Waals surface area contributed by atoms with Crippen LogP contribution in [-0.4, -0.2) is 35.3 Å². The summed E-state index contributed by atoms with van der Waals surface area (Å²) in [4.78, 5) is 14.4. The van der Waals surface area contributed by atoms with Crippen LogP contribution >= 0.6 is 11.6 Å². The summed E-state index contributed by atoms with van der Waals surface area (Å²) in [5.74, 6) is 0.352. The summed E-state index contributed by atoms with van der Waals surface area (Å²) in [6.07, 6.45) is 0.732. The molecule has 106 valence electrons.